The zero-order chi connectivity index (χ0) is 12.5. The molecular formula is C13H24IN3O2. The quantitative estimate of drug-likeness (QED) is 0.342. The Morgan fingerprint density at radius 1 is 1.32 bits per heavy atom. The smallest absolute Gasteiger partial charge is 0.193 e. The molecule has 3 aliphatic rings. The Balaban J connectivity index is 0.00000133. The third-order valence-electron chi connectivity index (χ3n) is 4.55. The average molecular weight is 381 g/mol. The lowest BCUT2D eigenvalue weighted by Crippen LogP contribution is -2.42. The summed E-state index contributed by atoms with van der Waals surface area (Å²) in [5.41, 5.74) is 0. The van der Waals surface area contributed by atoms with E-state index in [-0.39, 0.29) is 24.0 Å². The maximum absolute atomic E-state index is 5.99. The van der Waals surface area contributed by atoms with Gasteiger partial charge in [0.2, 0.25) is 0 Å². The van der Waals surface area contributed by atoms with Gasteiger partial charge in [-0.1, -0.05) is 0 Å². The normalized spacial score (nSPS) is 36.3. The van der Waals surface area contributed by atoms with E-state index >= 15 is 0 Å². The largest absolute Gasteiger partial charge is 0.383 e. The maximum atomic E-state index is 5.99. The van der Waals surface area contributed by atoms with E-state index in [4.69, 9.17) is 9.47 Å². The number of ether oxygens (including phenoxy) is 2. The van der Waals surface area contributed by atoms with Gasteiger partial charge in [-0.3, -0.25) is 4.99 Å². The summed E-state index contributed by atoms with van der Waals surface area (Å²) in [6, 6.07) is 0. The number of methoxy groups -OCH3 is 1. The van der Waals surface area contributed by atoms with Crippen molar-refractivity contribution in [1.82, 2.24) is 10.2 Å². The van der Waals surface area contributed by atoms with Gasteiger partial charge in [0.25, 0.3) is 0 Å². The van der Waals surface area contributed by atoms with Gasteiger partial charge in [0.05, 0.1) is 18.8 Å². The molecular weight excluding hydrogens is 357 g/mol. The molecule has 6 heteroatoms. The highest BCUT2D eigenvalue weighted by Gasteiger charge is 2.53. The first kappa shape index (κ1) is 15.3. The summed E-state index contributed by atoms with van der Waals surface area (Å²) in [4.78, 5) is 6.76. The second kappa shape index (κ2) is 6.58. The Bertz CT molecular complexity index is 322. The minimum Gasteiger partial charge on any atom is -0.383 e. The lowest BCUT2D eigenvalue weighted by Gasteiger charge is -2.23. The molecule has 0 saturated carbocycles. The van der Waals surface area contributed by atoms with E-state index in [1.807, 2.05) is 7.05 Å². The van der Waals surface area contributed by atoms with Crippen LogP contribution in [0, 0.1) is 11.8 Å². The number of guanidine groups is 1. The van der Waals surface area contributed by atoms with Crippen molar-refractivity contribution in [2.24, 2.45) is 16.8 Å². The predicted molar refractivity (Wildman–Crippen MR) is 85.1 cm³/mol. The summed E-state index contributed by atoms with van der Waals surface area (Å²) in [6.07, 6.45) is 3.55. The molecule has 19 heavy (non-hydrogen) atoms. The van der Waals surface area contributed by atoms with E-state index in [9.17, 15) is 0 Å². The molecule has 3 rings (SSSR count). The number of rotatable bonds is 3. The van der Waals surface area contributed by atoms with Crippen LogP contribution in [0.3, 0.4) is 0 Å². The van der Waals surface area contributed by atoms with E-state index in [0.29, 0.717) is 18.8 Å². The minimum absolute atomic E-state index is 0. The van der Waals surface area contributed by atoms with E-state index < -0.39 is 0 Å². The third kappa shape index (κ3) is 2.85. The molecule has 0 aromatic heterocycles. The number of fused-ring (bicyclic) bond motifs is 5. The molecule has 3 fully saturated rings. The van der Waals surface area contributed by atoms with Crippen LogP contribution in [0.4, 0.5) is 0 Å². The van der Waals surface area contributed by atoms with Crippen LogP contribution >= 0.6 is 24.0 Å². The van der Waals surface area contributed by atoms with Gasteiger partial charge in [0.15, 0.2) is 5.96 Å². The molecule has 110 valence electrons. The highest BCUT2D eigenvalue weighted by molar-refractivity contribution is 14.0. The number of hydrogen-bond acceptors (Lipinski definition) is 3. The van der Waals surface area contributed by atoms with Crippen molar-refractivity contribution in [3.8, 4) is 0 Å². The molecule has 3 aliphatic heterocycles. The van der Waals surface area contributed by atoms with Crippen molar-refractivity contribution in [2.45, 2.75) is 25.0 Å². The van der Waals surface area contributed by atoms with Crippen LogP contribution in [0.15, 0.2) is 4.99 Å². The van der Waals surface area contributed by atoms with Gasteiger partial charge in [-0.25, -0.2) is 0 Å². The Kier molecular flexibility index (Phi) is 5.30. The van der Waals surface area contributed by atoms with E-state index in [1.54, 1.807) is 7.11 Å². The topological polar surface area (TPSA) is 46.1 Å². The fourth-order valence-corrected chi connectivity index (χ4v) is 3.73. The monoisotopic (exact) mass is 381 g/mol. The lowest BCUT2D eigenvalue weighted by molar-refractivity contribution is 0.0766. The van der Waals surface area contributed by atoms with Crippen LogP contribution in [-0.4, -0.2) is 63.5 Å². The van der Waals surface area contributed by atoms with Gasteiger partial charge in [0, 0.05) is 45.6 Å². The van der Waals surface area contributed by atoms with Crippen LogP contribution in [-0.2, 0) is 9.47 Å². The summed E-state index contributed by atoms with van der Waals surface area (Å²) in [7, 11) is 3.58. The van der Waals surface area contributed by atoms with Crippen molar-refractivity contribution < 1.29 is 9.47 Å². The van der Waals surface area contributed by atoms with E-state index in [0.717, 1.165) is 37.4 Å². The van der Waals surface area contributed by atoms with Gasteiger partial charge in [-0.05, 0) is 12.8 Å². The highest BCUT2D eigenvalue weighted by Crippen LogP contribution is 2.47. The second-order valence-corrected chi connectivity index (χ2v) is 5.49. The van der Waals surface area contributed by atoms with Crippen molar-refractivity contribution >= 4 is 29.9 Å². The Labute approximate surface area is 132 Å². The average Bonchev–Trinajstić information content (AvgIpc) is 3.05. The van der Waals surface area contributed by atoms with Crippen molar-refractivity contribution in [2.75, 3.05) is 40.4 Å². The van der Waals surface area contributed by atoms with Crippen molar-refractivity contribution in [3.63, 3.8) is 0 Å². The number of halogens is 1. The molecule has 4 atom stereocenters. The molecule has 3 heterocycles. The van der Waals surface area contributed by atoms with Crippen LogP contribution < -0.4 is 5.32 Å². The van der Waals surface area contributed by atoms with Crippen LogP contribution in [0.25, 0.3) is 0 Å². The summed E-state index contributed by atoms with van der Waals surface area (Å²) in [5.74, 6) is 2.47. The molecule has 0 spiro atoms. The molecule has 0 radical (unpaired) electrons. The second-order valence-electron chi connectivity index (χ2n) is 5.49. The zero-order valence-electron chi connectivity index (χ0n) is 11.7. The molecule has 1 N–H and O–H groups in total. The lowest BCUT2D eigenvalue weighted by atomic mass is 9.82. The van der Waals surface area contributed by atoms with Crippen molar-refractivity contribution in [1.29, 1.82) is 0 Å². The van der Waals surface area contributed by atoms with Crippen LogP contribution in [0.2, 0.25) is 0 Å². The number of nitrogens with one attached hydrogen (secondary N) is 1. The molecule has 0 amide bonds. The fourth-order valence-electron chi connectivity index (χ4n) is 3.73. The Morgan fingerprint density at radius 3 is 2.47 bits per heavy atom. The molecule has 5 nitrogen and oxygen atoms in total. The fraction of sp³-hybridized carbons (Fsp3) is 0.923. The molecule has 3 saturated heterocycles. The number of aliphatic imine (C=N–C) groups is 1. The molecule has 0 aliphatic carbocycles. The number of likely N-dealkylation sites (tertiary alicyclic amines) is 1. The number of hydrogen-bond donors (Lipinski definition) is 1. The number of nitrogens with zero attached hydrogens (tertiary/aromatic N) is 2. The van der Waals surface area contributed by atoms with Gasteiger partial charge in [0.1, 0.15) is 0 Å². The first-order chi connectivity index (χ1) is 8.83. The standard InChI is InChI=1S/C13H23N3O2.HI/c1-14-13(15-5-6-17-2)16-7-9-10(8-16)12-4-3-11(9)18-12;/h9-12H,3-8H2,1-2H3,(H,14,15);1H. The molecule has 0 aromatic rings. The van der Waals surface area contributed by atoms with Crippen LogP contribution in [0.5, 0.6) is 0 Å². The van der Waals surface area contributed by atoms with Gasteiger partial charge >= 0.3 is 0 Å². The van der Waals surface area contributed by atoms with E-state index in [2.05, 4.69) is 15.2 Å². The summed E-state index contributed by atoms with van der Waals surface area (Å²) >= 11 is 0. The van der Waals surface area contributed by atoms with Gasteiger partial charge in [-0.2, -0.15) is 0 Å². The Hall–Kier alpha value is -0.0800. The van der Waals surface area contributed by atoms with E-state index in [1.165, 1.54) is 12.8 Å². The maximum Gasteiger partial charge on any atom is 0.193 e. The Morgan fingerprint density at radius 2 is 1.95 bits per heavy atom. The molecule has 0 aromatic carbocycles. The first-order valence-electron chi connectivity index (χ1n) is 6.93. The summed E-state index contributed by atoms with van der Waals surface area (Å²) in [6.45, 7) is 3.73. The zero-order valence-corrected chi connectivity index (χ0v) is 14.0. The highest BCUT2D eigenvalue weighted by atomic mass is 127. The van der Waals surface area contributed by atoms with Gasteiger partial charge < -0.3 is 19.7 Å². The van der Waals surface area contributed by atoms with Crippen molar-refractivity contribution in [3.05, 3.63) is 0 Å². The summed E-state index contributed by atoms with van der Waals surface area (Å²) < 4.78 is 11.1. The molecule has 4 unspecified atom stereocenters. The van der Waals surface area contributed by atoms with Crippen LogP contribution in [0.1, 0.15) is 12.8 Å². The first-order valence-corrected chi connectivity index (χ1v) is 6.93. The molecule has 2 bridgehead atoms. The van der Waals surface area contributed by atoms with Gasteiger partial charge in [-0.15, -0.1) is 24.0 Å². The predicted octanol–water partition coefficient (Wildman–Crippen LogP) is 0.935. The summed E-state index contributed by atoms with van der Waals surface area (Å²) in [5, 5.41) is 3.36. The third-order valence-corrected chi connectivity index (χ3v) is 4.55. The SMILES string of the molecule is CN=C(NCCOC)N1CC2C3CCC(O3)C2C1.I. The minimum atomic E-state index is 0.